The minimum Gasteiger partial charge on any atom is -0.465 e. The van der Waals surface area contributed by atoms with E-state index in [0.29, 0.717) is 5.56 Å². The minimum atomic E-state index is -0.677. The van der Waals surface area contributed by atoms with Crippen molar-refractivity contribution in [2.45, 2.75) is 6.54 Å². The van der Waals surface area contributed by atoms with Gasteiger partial charge in [-0.3, -0.25) is 9.59 Å². The summed E-state index contributed by atoms with van der Waals surface area (Å²) in [4.78, 5) is 37.1. The van der Waals surface area contributed by atoms with Crippen molar-refractivity contribution in [3.63, 3.8) is 0 Å². The lowest BCUT2D eigenvalue weighted by Crippen LogP contribution is -2.29. The van der Waals surface area contributed by atoms with Crippen molar-refractivity contribution in [1.29, 1.82) is 0 Å². The van der Waals surface area contributed by atoms with Crippen LogP contribution in [0.2, 0.25) is 0 Å². The molecule has 6 nitrogen and oxygen atoms in total. The first-order chi connectivity index (χ1) is 13.5. The third-order valence-electron chi connectivity index (χ3n) is 4.14. The number of rotatable bonds is 5. The van der Waals surface area contributed by atoms with Crippen LogP contribution in [0.15, 0.2) is 71.7 Å². The van der Waals surface area contributed by atoms with Gasteiger partial charge < -0.3 is 14.6 Å². The number of nitrogens with one attached hydrogen (secondary N) is 1. The maximum absolute atomic E-state index is 13.9. The highest BCUT2D eigenvalue weighted by Gasteiger charge is 2.17. The summed E-state index contributed by atoms with van der Waals surface area (Å²) in [5, 5.41) is 2.56. The van der Waals surface area contributed by atoms with Gasteiger partial charge in [0.25, 0.3) is 11.5 Å². The van der Waals surface area contributed by atoms with Crippen LogP contribution in [0.5, 0.6) is 0 Å². The van der Waals surface area contributed by atoms with Gasteiger partial charge in [-0.1, -0.05) is 30.3 Å². The second-order valence-electron chi connectivity index (χ2n) is 5.94. The minimum absolute atomic E-state index is 0.00856. The molecular formula is C21H17FN2O4. The largest absolute Gasteiger partial charge is 0.465 e. The first-order valence-corrected chi connectivity index (χ1v) is 8.43. The fraction of sp³-hybridized carbons (Fsp3) is 0.0952. The second-order valence-corrected chi connectivity index (χ2v) is 5.94. The van der Waals surface area contributed by atoms with Gasteiger partial charge in [0.05, 0.1) is 24.9 Å². The molecule has 3 rings (SSSR count). The van der Waals surface area contributed by atoms with Crippen LogP contribution in [0, 0.1) is 5.82 Å². The highest BCUT2D eigenvalue weighted by atomic mass is 19.1. The summed E-state index contributed by atoms with van der Waals surface area (Å²) < 4.78 is 19.8. The molecule has 0 radical (unpaired) electrons. The van der Waals surface area contributed by atoms with Crippen LogP contribution in [0.1, 0.15) is 26.3 Å². The zero-order valence-corrected chi connectivity index (χ0v) is 15.0. The van der Waals surface area contributed by atoms with Crippen LogP contribution >= 0.6 is 0 Å². The maximum Gasteiger partial charge on any atom is 0.339 e. The van der Waals surface area contributed by atoms with Crippen molar-refractivity contribution < 1.29 is 18.7 Å². The van der Waals surface area contributed by atoms with Crippen LogP contribution in [-0.2, 0) is 11.3 Å². The number of carbonyl (C=O) groups is 2. The lowest BCUT2D eigenvalue weighted by atomic mass is 10.1. The van der Waals surface area contributed by atoms with Gasteiger partial charge in [-0.25, -0.2) is 9.18 Å². The summed E-state index contributed by atoms with van der Waals surface area (Å²) in [5.74, 6) is -1.72. The Labute approximate surface area is 160 Å². The fourth-order valence-electron chi connectivity index (χ4n) is 2.71. The Morgan fingerprint density at radius 1 is 1.00 bits per heavy atom. The summed E-state index contributed by atoms with van der Waals surface area (Å²) in [5.41, 5.74) is 0.0275. The number of amides is 1. The topological polar surface area (TPSA) is 77.4 Å². The zero-order chi connectivity index (χ0) is 20.1. The monoisotopic (exact) mass is 380 g/mol. The summed E-state index contributed by atoms with van der Waals surface area (Å²) in [7, 11) is 1.24. The second kappa shape index (κ2) is 8.30. The fourth-order valence-corrected chi connectivity index (χ4v) is 2.71. The van der Waals surface area contributed by atoms with E-state index in [1.807, 2.05) is 0 Å². The molecule has 0 aliphatic heterocycles. The highest BCUT2D eigenvalue weighted by Crippen LogP contribution is 2.17. The Morgan fingerprint density at radius 2 is 1.68 bits per heavy atom. The average Bonchev–Trinajstić information content (AvgIpc) is 2.71. The molecule has 0 bridgehead atoms. The smallest absolute Gasteiger partial charge is 0.339 e. The van der Waals surface area contributed by atoms with Crippen molar-refractivity contribution >= 4 is 17.6 Å². The number of esters is 1. The average molecular weight is 380 g/mol. The molecule has 0 aliphatic carbocycles. The maximum atomic E-state index is 13.9. The van der Waals surface area contributed by atoms with Gasteiger partial charge in [-0.15, -0.1) is 0 Å². The number of nitrogens with zero attached hydrogens (tertiary/aromatic N) is 1. The normalized spacial score (nSPS) is 10.4. The summed E-state index contributed by atoms with van der Waals surface area (Å²) in [6.45, 7) is -0.00856. The van der Waals surface area contributed by atoms with Gasteiger partial charge in [-0.2, -0.15) is 0 Å². The van der Waals surface area contributed by atoms with Crippen molar-refractivity contribution in [3.05, 3.63) is 99.7 Å². The molecular weight excluding hydrogens is 363 g/mol. The van der Waals surface area contributed by atoms with Gasteiger partial charge in [0.15, 0.2) is 0 Å². The molecule has 3 aromatic rings. The third kappa shape index (κ3) is 3.98. The molecule has 0 fully saturated rings. The van der Waals surface area contributed by atoms with E-state index in [4.69, 9.17) is 4.74 Å². The van der Waals surface area contributed by atoms with Crippen LogP contribution in [0.4, 0.5) is 10.1 Å². The van der Waals surface area contributed by atoms with E-state index in [0.717, 1.165) is 0 Å². The van der Waals surface area contributed by atoms with Crippen molar-refractivity contribution in [2.75, 3.05) is 12.4 Å². The van der Waals surface area contributed by atoms with Crippen LogP contribution < -0.4 is 10.9 Å². The number of ether oxygens (including phenoxy) is 1. The van der Waals surface area contributed by atoms with Crippen molar-refractivity contribution in [2.24, 2.45) is 0 Å². The standard InChI is InChI=1S/C21H17FN2O4/c1-28-21(27)15-8-3-5-11-18(15)23-19(25)16-9-6-12-24(20(16)26)13-14-7-2-4-10-17(14)22/h2-12H,13H2,1H3,(H,23,25). The molecule has 0 spiro atoms. The summed E-state index contributed by atoms with van der Waals surface area (Å²) >= 11 is 0. The van der Waals surface area contributed by atoms with Gasteiger partial charge in [0.2, 0.25) is 0 Å². The number of hydrogen-bond donors (Lipinski definition) is 1. The quantitative estimate of drug-likeness (QED) is 0.690. The molecule has 1 amide bonds. The van der Waals surface area contributed by atoms with E-state index in [9.17, 15) is 18.8 Å². The molecule has 0 unspecified atom stereocenters. The summed E-state index contributed by atoms with van der Waals surface area (Å²) in [6, 6.07) is 15.3. The van der Waals surface area contributed by atoms with Crippen molar-refractivity contribution in [3.8, 4) is 0 Å². The van der Waals surface area contributed by atoms with Crippen LogP contribution in [0.3, 0.4) is 0 Å². The molecule has 0 atom stereocenters. The molecule has 0 aliphatic rings. The van der Waals surface area contributed by atoms with E-state index in [2.05, 4.69) is 5.32 Å². The molecule has 1 aromatic heterocycles. The molecule has 28 heavy (non-hydrogen) atoms. The zero-order valence-electron chi connectivity index (χ0n) is 15.0. The van der Waals surface area contributed by atoms with E-state index in [1.165, 1.54) is 48.2 Å². The van der Waals surface area contributed by atoms with Gasteiger partial charge in [0, 0.05) is 11.8 Å². The first-order valence-electron chi connectivity index (χ1n) is 8.43. The third-order valence-corrected chi connectivity index (χ3v) is 4.14. The molecule has 0 saturated heterocycles. The number of benzene rings is 2. The Balaban J connectivity index is 1.89. The van der Waals surface area contributed by atoms with Crippen molar-refractivity contribution in [1.82, 2.24) is 4.57 Å². The van der Waals surface area contributed by atoms with E-state index < -0.39 is 23.3 Å². The predicted octanol–water partition coefficient (Wildman–Crippen LogP) is 3.07. The molecule has 2 aromatic carbocycles. The lowest BCUT2D eigenvalue weighted by molar-refractivity contribution is 0.0602. The van der Waals surface area contributed by atoms with Crippen LogP contribution in [0.25, 0.3) is 0 Å². The number of aromatic nitrogens is 1. The Hall–Kier alpha value is -3.74. The number of hydrogen-bond acceptors (Lipinski definition) is 4. The number of halogens is 1. The van der Waals surface area contributed by atoms with Gasteiger partial charge in [0.1, 0.15) is 11.4 Å². The molecule has 0 saturated carbocycles. The van der Waals surface area contributed by atoms with Crippen LogP contribution in [-0.4, -0.2) is 23.6 Å². The molecule has 1 N–H and O–H groups in total. The number of methoxy groups -OCH3 is 1. The number of anilines is 1. The van der Waals surface area contributed by atoms with E-state index >= 15 is 0 Å². The van der Waals surface area contributed by atoms with Gasteiger partial charge >= 0.3 is 5.97 Å². The summed E-state index contributed by atoms with van der Waals surface area (Å²) in [6.07, 6.45) is 1.48. The Bertz CT molecular complexity index is 1090. The molecule has 142 valence electrons. The molecule has 1 heterocycles. The van der Waals surface area contributed by atoms with E-state index in [1.54, 1.807) is 30.3 Å². The SMILES string of the molecule is COC(=O)c1ccccc1NC(=O)c1cccn(Cc2ccccc2F)c1=O. The number of carbonyl (C=O) groups excluding carboxylic acids is 2. The lowest BCUT2D eigenvalue weighted by Gasteiger charge is -2.11. The predicted molar refractivity (Wildman–Crippen MR) is 102 cm³/mol. The van der Waals surface area contributed by atoms with E-state index in [-0.39, 0.29) is 23.4 Å². The highest BCUT2D eigenvalue weighted by molar-refractivity contribution is 6.07. The first kappa shape index (κ1) is 19.0. The Kier molecular flexibility index (Phi) is 5.64. The van der Waals surface area contributed by atoms with Gasteiger partial charge in [-0.05, 0) is 30.3 Å². The number of pyridine rings is 1. The Morgan fingerprint density at radius 3 is 2.43 bits per heavy atom. The number of para-hydroxylation sites is 1. The molecule has 7 heteroatoms.